The second-order valence-electron chi connectivity index (χ2n) is 8.33. The number of hydrogen-bond acceptors (Lipinski definition) is 8. The Labute approximate surface area is 194 Å². The number of aromatic nitrogens is 4. The van der Waals surface area contributed by atoms with Crippen LogP contribution in [0.1, 0.15) is 16.9 Å². The van der Waals surface area contributed by atoms with Gasteiger partial charge < -0.3 is 19.7 Å². The maximum absolute atomic E-state index is 13.1. The fourth-order valence-electron chi connectivity index (χ4n) is 4.87. The van der Waals surface area contributed by atoms with Crippen LogP contribution in [0, 0.1) is 5.92 Å². The second-order valence-corrected chi connectivity index (χ2v) is 9.42. The number of aryl methyl sites for hydroxylation is 1. The van der Waals surface area contributed by atoms with Gasteiger partial charge in [0.15, 0.2) is 5.75 Å². The molecule has 0 radical (unpaired) electrons. The minimum Gasteiger partial charge on any atom is -0.492 e. The first-order chi connectivity index (χ1) is 16.2. The molecule has 1 saturated heterocycles. The number of rotatable bonds is 4. The Morgan fingerprint density at radius 1 is 1.27 bits per heavy atom. The molecule has 1 aliphatic carbocycles. The fourth-order valence-corrected chi connectivity index (χ4v) is 6.14. The molecule has 0 bridgehead atoms. The second kappa shape index (κ2) is 8.27. The summed E-state index contributed by atoms with van der Waals surface area (Å²) in [5.74, 6) is 1.75. The molecule has 5 heterocycles. The highest BCUT2D eigenvalue weighted by atomic mass is 32.1. The van der Waals surface area contributed by atoms with Crippen LogP contribution in [0.15, 0.2) is 30.9 Å². The van der Waals surface area contributed by atoms with E-state index in [0.717, 1.165) is 46.5 Å². The van der Waals surface area contributed by atoms with Crippen molar-refractivity contribution in [1.82, 2.24) is 24.5 Å². The van der Waals surface area contributed by atoms with Crippen molar-refractivity contribution in [1.29, 1.82) is 0 Å². The number of nitrogens with zero attached hydrogens (tertiary/aromatic N) is 5. The Balaban J connectivity index is 1.33. The van der Waals surface area contributed by atoms with E-state index in [2.05, 4.69) is 20.4 Å². The van der Waals surface area contributed by atoms with Gasteiger partial charge in [0.25, 0.3) is 0 Å². The van der Waals surface area contributed by atoms with Crippen molar-refractivity contribution in [2.45, 2.75) is 19.3 Å². The number of methoxy groups -OCH3 is 1. The molecule has 6 rings (SSSR count). The minimum absolute atomic E-state index is 0.0254. The van der Waals surface area contributed by atoms with Gasteiger partial charge in [-0.2, -0.15) is 5.10 Å². The van der Waals surface area contributed by atoms with E-state index in [1.807, 2.05) is 23.2 Å². The number of anilines is 2. The number of amides is 1. The summed E-state index contributed by atoms with van der Waals surface area (Å²) in [5.41, 5.74) is 2.96. The molecule has 0 spiro atoms. The van der Waals surface area contributed by atoms with Crippen LogP contribution >= 0.6 is 11.3 Å². The average molecular weight is 465 g/mol. The standard InChI is InChI=1S/C23H24N6O3S/c1-31-20-16(5-7-29-17(20)4-6-26-29)27-21-19-15-3-2-14(23(30)28-8-10-32-11-9-28)12-18(15)33-22(19)25-13-24-21/h4-7,13-14H,2-3,8-12H2,1H3,(H,24,25,27)/t14-/m0/s1. The lowest BCUT2D eigenvalue weighted by Gasteiger charge is -2.31. The summed E-state index contributed by atoms with van der Waals surface area (Å²) in [6, 6.07) is 3.85. The zero-order chi connectivity index (χ0) is 22.4. The monoisotopic (exact) mass is 464 g/mol. The van der Waals surface area contributed by atoms with E-state index >= 15 is 0 Å². The Hall–Kier alpha value is -3.24. The molecule has 2 aliphatic rings. The van der Waals surface area contributed by atoms with Crippen molar-refractivity contribution in [3.05, 3.63) is 41.3 Å². The van der Waals surface area contributed by atoms with E-state index < -0.39 is 0 Å². The Kier molecular flexibility index (Phi) is 5.11. The fraction of sp³-hybridized carbons (Fsp3) is 0.391. The van der Waals surface area contributed by atoms with E-state index in [0.29, 0.717) is 32.1 Å². The summed E-state index contributed by atoms with van der Waals surface area (Å²) < 4.78 is 12.9. The smallest absolute Gasteiger partial charge is 0.226 e. The topological polar surface area (TPSA) is 93.9 Å². The van der Waals surface area contributed by atoms with E-state index in [4.69, 9.17) is 9.47 Å². The molecule has 170 valence electrons. The van der Waals surface area contributed by atoms with Gasteiger partial charge in [0, 0.05) is 30.1 Å². The van der Waals surface area contributed by atoms with Gasteiger partial charge in [-0.05, 0) is 37.0 Å². The van der Waals surface area contributed by atoms with Crippen LogP contribution in [0.4, 0.5) is 11.5 Å². The summed E-state index contributed by atoms with van der Waals surface area (Å²) in [6.07, 6.45) is 7.67. The zero-order valence-corrected chi connectivity index (χ0v) is 19.1. The maximum atomic E-state index is 13.1. The van der Waals surface area contributed by atoms with Crippen molar-refractivity contribution in [3.63, 3.8) is 0 Å². The van der Waals surface area contributed by atoms with Crippen LogP contribution in [-0.2, 0) is 22.4 Å². The van der Waals surface area contributed by atoms with E-state index in [9.17, 15) is 4.79 Å². The Morgan fingerprint density at radius 3 is 3.00 bits per heavy atom. The number of nitrogens with one attached hydrogen (secondary N) is 1. The highest BCUT2D eigenvalue weighted by molar-refractivity contribution is 7.19. The largest absolute Gasteiger partial charge is 0.492 e. The molecule has 1 atom stereocenters. The number of fused-ring (bicyclic) bond motifs is 4. The zero-order valence-electron chi connectivity index (χ0n) is 18.3. The molecule has 1 aliphatic heterocycles. The third kappa shape index (κ3) is 3.50. The summed E-state index contributed by atoms with van der Waals surface area (Å²) >= 11 is 1.67. The molecule has 10 heteroatoms. The Morgan fingerprint density at radius 2 is 2.15 bits per heavy atom. The first kappa shape index (κ1) is 20.4. The molecular formula is C23H24N6O3S. The van der Waals surface area contributed by atoms with Crippen LogP contribution in [-0.4, -0.2) is 63.8 Å². The summed E-state index contributed by atoms with van der Waals surface area (Å²) in [4.78, 5) is 26.3. The predicted octanol–water partition coefficient (Wildman–Crippen LogP) is 3.05. The summed E-state index contributed by atoms with van der Waals surface area (Å²) in [5, 5.41) is 8.79. The number of pyridine rings is 1. The van der Waals surface area contributed by atoms with Crippen molar-refractivity contribution in [2.75, 3.05) is 38.7 Å². The van der Waals surface area contributed by atoms with E-state index in [-0.39, 0.29) is 11.8 Å². The third-order valence-corrected chi connectivity index (χ3v) is 7.67. The van der Waals surface area contributed by atoms with Gasteiger partial charge in [0.05, 0.1) is 37.6 Å². The molecule has 1 amide bonds. The number of hydrogen-bond donors (Lipinski definition) is 1. The molecular weight excluding hydrogens is 440 g/mol. The van der Waals surface area contributed by atoms with Crippen LogP contribution in [0.5, 0.6) is 5.75 Å². The van der Waals surface area contributed by atoms with Crippen molar-refractivity contribution in [2.24, 2.45) is 5.92 Å². The van der Waals surface area contributed by atoms with Crippen molar-refractivity contribution < 1.29 is 14.3 Å². The lowest BCUT2D eigenvalue weighted by Crippen LogP contribution is -2.44. The molecule has 0 saturated carbocycles. The van der Waals surface area contributed by atoms with Gasteiger partial charge in [0.1, 0.15) is 22.5 Å². The van der Waals surface area contributed by atoms with E-state index in [1.54, 1.807) is 35.5 Å². The van der Waals surface area contributed by atoms with Gasteiger partial charge in [-0.1, -0.05) is 0 Å². The molecule has 4 aromatic heterocycles. The van der Waals surface area contributed by atoms with Gasteiger partial charge in [-0.25, -0.2) is 14.5 Å². The van der Waals surface area contributed by atoms with Gasteiger partial charge >= 0.3 is 0 Å². The molecule has 1 fully saturated rings. The molecule has 0 unspecified atom stereocenters. The van der Waals surface area contributed by atoms with Crippen LogP contribution in [0.2, 0.25) is 0 Å². The quantitative estimate of drug-likeness (QED) is 0.496. The number of morpholine rings is 1. The van der Waals surface area contributed by atoms with Gasteiger partial charge in [-0.3, -0.25) is 4.79 Å². The predicted molar refractivity (Wildman–Crippen MR) is 125 cm³/mol. The van der Waals surface area contributed by atoms with Crippen LogP contribution < -0.4 is 10.1 Å². The number of ether oxygens (including phenoxy) is 2. The third-order valence-electron chi connectivity index (χ3n) is 6.50. The SMILES string of the molecule is COc1c(Nc2ncnc3sc4c(c23)CC[C@H](C(=O)N2CCOCC2)C4)ccn2nccc12. The molecule has 4 aromatic rings. The van der Waals surface area contributed by atoms with Gasteiger partial charge in [0.2, 0.25) is 5.91 Å². The summed E-state index contributed by atoms with van der Waals surface area (Å²) in [7, 11) is 1.65. The average Bonchev–Trinajstić information content (AvgIpc) is 3.48. The number of thiophene rings is 1. The summed E-state index contributed by atoms with van der Waals surface area (Å²) in [6.45, 7) is 2.65. The number of carbonyl (C=O) groups excluding carboxylic acids is 1. The highest BCUT2D eigenvalue weighted by Crippen LogP contribution is 2.42. The molecule has 9 nitrogen and oxygen atoms in total. The van der Waals surface area contributed by atoms with E-state index in [1.165, 1.54) is 10.4 Å². The minimum atomic E-state index is 0.0254. The van der Waals surface area contributed by atoms with Crippen molar-refractivity contribution >= 4 is 44.5 Å². The lowest BCUT2D eigenvalue weighted by molar-refractivity contribution is -0.140. The molecule has 1 N–H and O–H groups in total. The lowest BCUT2D eigenvalue weighted by atomic mass is 9.86. The van der Waals surface area contributed by atoms with Crippen LogP contribution in [0.3, 0.4) is 0 Å². The number of carbonyl (C=O) groups is 1. The maximum Gasteiger partial charge on any atom is 0.226 e. The first-order valence-corrected chi connectivity index (χ1v) is 11.9. The van der Waals surface area contributed by atoms with Crippen LogP contribution in [0.25, 0.3) is 15.7 Å². The van der Waals surface area contributed by atoms with Gasteiger partial charge in [-0.15, -0.1) is 11.3 Å². The highest BCUT2D eigenvalue weighted by Gasteiger charge is 2.32. The first-order valence-electron chi connectivity index (χ1n) is 11.1. The van der Waals surface area contributed by atoms with Crippen molar-refractivity contribution in [3.8, 4) is 5.75 Å². The molecule has 0 aromatic carbocycles. The normalized spacial score (nSPS) is 18.5. The Bertz CT molecular complexity index is 1340. The molecule has 33 heavy (non-hydrogen) atoms.